The van der Waals surface area contributed by atoms with Gasteiger partial charge in [0.25, 0.3) is 0 Å². The molecule has 1 fully saturated rings. The van der Waals surface area contributed by atoms with Crippen LogP contribution in [0.5, 0.6) is 5.75 Å². The van der Waals surface area contributed by atoms with Crippen LogP contribution < -0.4 is 10.1 Å². The smallest absolute Gasteiger partial charge is 0.309 e. The number of halogens is 4. The Morgan fingerprint density at radius 2 is 1.87 bits per heavy atom. The third kappa shape index (κ3) is 6.25. The van der Waals surface area contributed by atoms with E-state index in [0.29, 0.717) is 54.0 Å². The fourth-order valence-electron chi connectivity index (χ4n) is 5.23. The number of carboxylic acids is 1. The third-order valence-corrected chi connectivity index (χ3v) is 7.56. The minimum Gasteiger partial charge on any atom is -0.497 e. The lowest BCUT2D eigenvalue weighted by atomic mass is 9.74. The van der Waals surface area contributed by atoms with Crippen LogP contribution >= 0.6 is 0 Å². The Kier molecular flexibility index (Phi) is 8.91. The number of hydrogen-bond donors (Lipinski definition) is 3. The Hall–Kier alpha value is -3.44. The van der Waals surface area contributed by atoms with Gasteiger partial charge >= 0.3 is 5.97 Å². The summed E-state index contributed by atoms with van der Waals surface area (Å²) in [5.74, 6) is -3.53. The van der Waals surface area contributed by atoms with Crippen LogP contribution in [0.1, 0.15) is 43.0 Å². The maximum Gasteiger partial charge on any atom is 0.309 e. The number of alkyl halides is 1. The molecule has 2 heterocycles. The van der Waals surface area contributed by atoms with Crippen LogP contribution in [0, 0.1) is 22.9 Å². The van der Waals surface area contributed by atoms with E-state index in [4.69, 9.17) is 4.74 Å². The van der Waals surface area contributed by atoms with Crippen molar-refractivity contribution in [1.29, 1.82) is 0 Å². The molecule has 3 aromatic rings. The molecule has 39 heavy (non-hydrogen) atoms. The van der Waals surface area contributed by atoms with Crippen molar-refractivity contribution in [3.63, 3.8) is 0 Å². The van der Waals surface area contributed by atoms with Gasteiger partial charge in [-0.05, 0) is 57.0 Å². The van der Waals surface area contributed by atoms with E-state index in [1.807, 2.05) is 4.90 Å². The van der Waals surface area contributed by atoms with Crippen molar-refractivity contribution < 1.29 is 37.3 Å². The number of aliphatic hydroxyl groups excluding tert-OH is 1. The second kappa shape index (κ2) is 12.2. The number of nitrogens with zero attached hydrogens (tertiary/aromatic N) is 2. The van der Waals surface area contributed by atoms with Gasteiger partial charge in [-0.15, -0.1) is 0 Å². The summed E-state index contributed by atoms with van der Waals surface area (Å²) in [5.41, 5.74) is -0.370. The summed E-state index contributed by atoms with van der Waals surface area (Å²) in [4.78, 5) is 18.6. The topological polar surface area (TPSA) is 94.9 Å². The molecule has 210 valence electrons. The average molecular weight is 550 g/mol. The van der Waals surface area contributed by atoms with Gasteiger partial charge in [-0.2, -0.15) is 0 Å². The van der Waals surface area contributed by atoms with Gasteiger partial charge in [-0.25, -0.2) is 17.6 Å². The predicted molar refractivity (Wildman–Crippen MR) is 138 cm³/mol. The highest BCUT2D eigenvalue weighted by Gasteiger charge is 2.41. The van der Waals surface area contributed by atoms with E-state index in [1.54, 1.807) is 18.2 Å². The number of aliphatic hydroxyl groups is 1. The number of fused-ring (bicyclic) bond motifs is 1. The van der Waals surface area contributed by atoms with E-state index in [0.717, 1.165) is 0 Å². The quantitative estimate of drug-likeness (QED) is 0.282. The average Bonchev–Trinajstić information content (AvgIpc) is 2.92. The minimum absolute atomic E-state index is 0.0553. The number of aliphatic carboxylic acids is 1. The molecule has 3 N–H and O–H groups in total. The molecule has 1 saturated heterocycles. The van der Waals surface area contributed by atoms with Gasteiger partial charge < -0.3 is 25.2 Å². The van der Waals surface area contributed by atoms with Gasteiger partial charge in [-0.1, -0.05) is 0 Å². The number of methoxy groups -OCH3 is 1. The summed E-state index contributed by atoms with van der Waals surface area (Å²) in [6, 6.07) is 6.27. The zero-order valence-electron chi connectivity index (χ0n) is 21.5. The molecule has 1 aliphatic rings. The van der Waals surface area contributed by atoms with Crippen molar-refractivity contribution in [3.8, 4) is 5.75 Å². The first kappa shape index (κ1) is 28.6. The number of ether oxygens (including phenoxy) is 1. The zero-order valence-corrected chi connectivity index (χ0v) is 21.5. The molecule has 0 saturated carbocycles. The lowest BCUT2D eigenvalue weighted by molar-refractivity contribution is -0.153. The maximum absolute atomic E-state index is 15.8. The number of benzene rings is 2. The molecule has 1 aromatic heterocycles. The lowest BCUT2D eigenvalue weighted by Gasteiger charge is -2.39. The second-order valence-electron chi connectivity index (χ2n) is 9.84. The van der Waals surface area contributed by atoms with Crippen molar-refractivity contribution in [1.82, 2.24) is 9.88 Å². The Morgan fingerprint density at radius 3 is 2.49 bits per heavy atom. The first-order chi connectivity index (χ1) is 18.7. The molecule has 0 amide bonds. The molecule has 0 bridgehead atoms. The van der Waals surface area contributed by atoms with Gasteiger partial charge in [0.05, 0.1) is 24.6 Å². The molecule has 0 radical (unpaired) electrons. The normalized spacial score (nSPS) is 16.3. The number of rotatable bonds is 11. The van der Waals surface area contributed by atoms with E-state index in [2.05, 4.69) is 10.3 Å². The summed E-state index contributed by atoms with van der Waals surface area (Å²) in [6.07, 6.45) is 0.516. The van der Waals surface area contributed by atoms with Crippen LogP contribution in [0.25, 0.3) is 10.9 Å². The largest absolute Gasteiger partial charge is 0.497 e. The number of pyridine rings is 1. The molecule has 11 heteroatoms. The van der Waals surface area contributed by atoms with Gasteiger partial charge in [0.1, 0.15) is 23.4 Å². The Labute approximate surface area is 223 Å². The molecular formula is C28H31F4N3O4. The summed E-state index contributed by atoms with van der Waals surface area (Å²) >= 11 is 0. The monoisotopic (exact) mass is 549 g/mol. The molecule has 0 spiro atoms. The molecular weight excluding hydrogens is 518 g/mol. The Balaban J connectivity index is 1.39. The van der Waals surface area contributed by atoms with E-state index in [-0.39, 0.29) is 37.8 Å². The van der Waals surface area contributed by atoms with Gasteiger partial charge in [0.15, 0.2) is 11.6 Å². The van der Waals surface area contributed by atoms with Crippen LogP contribution in [-0.2, 0) is 11.4 Å². The molecule has 0 aliphatic carbocycles. The number of hydrogen-bond acceptors (Lipinski definition) is 6. The minimum atomic E-state index is -1.52. The fourth-order valence-corrected chi connectivity index (χ4v) is 5.23. The van der Waals surface area contributed by atoms with Gasteiger partial charge in [-0.3, -0.25) is 9.78 Å². The van der Waals surface area contributed by atoms with Crippen LogP contribution in [0.3, 0.4) is 0 Å². The van der Waals surface area contributed by atoms with Crippen molar-refractivity contribution in [3.05, 3.63) is 65.1 Å². The van der Waals surface area contributed by atoms with Crippen LogP contribution in [-0.4, -0.2) is 59.4 Å². The standard InChI is InChI=1S/C28H31F4N3O4/c1-39-19-2-3-24-20(14-19)25(17(16-36)15-34-24)21(30)4-5-28(27(37)38)6-9-35(10-7-28)11-8-33-26-22(31)12-18(29)13-23(26)32/h2-3,12-15,21,33,36H,4-11,16H2,1H3,(H,37,38)/t21-/m1/s1. The van der Waals surface area contributed by atoms with E-state index >= 15 is 4.39 Å². The van der Waals surface area contributed by atoms with E-state index in [9.17, 15) is 28.2 Å². The van der Waals surface area contributed by atoms with Crippen molar-refractivity contribution >= 4 is 22.6 Å². The van der Waals surface area contributed by atoms with Gasteiger partial charge in [0.2, 0.25) is 0 Å². The number of nitrogens with one attached hydrogen (secondary N) is 1. The number of piperidine rings is 1. The molecule has 7 nitrogen and oxygen atoms in total. The molecule has 0 unspecified atom stereocenters. The zero-order chi connectivity index (χ0) is 28.2. The lowest BCUT2D eigenvalue weighted by Crippen LogP contribution is -2.45. The SMILES string of the molecule is COc1ccc2ncc(CO)c([C@H](F)CCC3(C(=O)O)CCN(CCNc4c(F)cc(F)cc4F)CC3)c2c1. The second-order valence-corrected chi connectivity index (χ2v) is 9.84. The summed E-state index contributed by atoms with van der Waals surface area (Å²) in [6.45, 7) is 0.985. The van der Waals surface area contributed by atoms with Crippen molar-refractivity contribution in [2.75, 3.05) is 38.6 Å². The third-order valence-electron chi connectivity index (χ3n) is 7.56. The van der Waals surface area contributed by atoms with E-state index in [1.165, 1.54) is 13.3 Å². The first-order valence-corrected chi connectivity index (χ1v) is 12.7. The number of anilines is 1. The van der Waals surface area contributed by atoms with Crippen molar-refractivity contribution in [2.24, 2.45) is 5.41 Å². The number of aromatic nitrogens is 1. The molecule has 2 aromatic carbocycles. The Bertz CT molecular complexity index is 1300. The predicted octanol–water partition coefficient (Wildman–Crippen LogP) is 5.22. The summed E-state index contributed by atoms with van der Waals surface area (Å²) < 4.78 is 61.8. The fraction of sp³-hybridized carbons (Fsp3) is 0.429. The van der Waals surface area contributed by atoms with Crippen molar-refractivity contribution in [2.45, 2.75) is 38.5 Å². The van der Waals surface area contributed by atoms with Crippen LogP contribution in [0.15, 0.2) is 36.5 Å². The number of likely N-dealkylation sites (tertiary alicyclic amines) is 1. The highest BCUT2D eigenvalue weighted by atomic mass is 19.1. The maximum atomic E-state index is 15.8. The summed E-state index contributed by atoms with van der Waals surface area (Å²) in [7, 11) is 1.50. The van der Waals surface area contributed by atoms with E-state index < -0.39 is 47.3 Å². The highest BCUT2D eigenvalue weighted by Crippen LogP contribution is 2.41. The number of carbonyl (C=O) groups is 1. The van der Waals surface area contributed by atoms with Crippen LogP contribution in [0.2, 0.25) is 0 Å². The Morgan fingerprint density at radius 1 is 1.18 bits per heavy atom. The molecule has 1 aliphatic heterocycles. The number of carboxylic acid groups (broad SMARTS) is 1. The first-order valence-electron chi connectivity index (χ1n) is 12.7. The molecule has 4 rings (SSSR count). The van der Waals surface area contributed by atoms with Gasteiger partial charge in [0, 0.05) is 47.9 Å². The molecule has 1 atom stereocenters. The van der Waals surface area contributed by atoms with Crippen LogP contribution in [0.4, 0.5) is 23.2 Å². The highest BCUT2D eigenvalue weighted by molar-refractivity contribution is 5.85. The summed E-state index contributed by atoms with van der Waals surface area (Å²) in [5, 5.41) is 23.0.